The minimum absolute atomic E-state index is 0.167. The van der Waals surface area contributed by atoms with Gasteiger partial charge in [-0.25, -0.2) is 23.2 Å². The summed E-state index contributed by atoms with van der Waals surface area (Å²) in [7, 11) is 0. The maximum absolute atomic E-state index is 14.1. The predicted octanol–water partition coefficient (Wildman–Crippen LogP) is 2.93. The van der Waals surface area contributed by atoms with Gasteiger partial charge in [0.05, 0.1) is 5.69 Å². The lowest BCUT2D eigenvalue weighted by atomic mass is 9.92. The van der Waals surface area contributed by atoms with Crippen LogP contribution in [0.4, 0.5) is 8.78 Å². The minimum atomic E-state index is -0.493. The quantitative estimate of drug-likeness (QED) is 0.735. The van der Waals surface area contributed by atoms with Crippen LogP contribution < -0.4 is 5.69 Å². The van der Waals surface area contributed by atoms with Gasteiger partial charge in [-0.05, 0) is 49.1 Å². The van der Waals surface area contributed by atoms with Crippen molar-refractivity contribution in [1.82, 2.24) is 19.7 Å². The number of nitrogens with zero attached hydrogens (tertiary/aromatic N) is 3. The Morgan fingerprint density at radius 2 is 1.86 bits per heavy atom. The number of para-hydroxylation sites is 1. The van der Waals surface area contributed by atoms with Gasteiger partial charge in [-0.1, -0.05) is 18.2 Å². The van der Waals surface area contributed by atoms with Gasteiger partial charge in [0.25, 0.3) is 5.91 Å². The Bertz CT molecular complexity index is 1080. The second-order valence-corrected chi connectivity index (χ2v) is 7.18. The summed E-state index contributed by atoms with van der Waals surface area (Å²) in [5.74, 6) is -0.448. The number of nitrogens with one attached hydrogen (secondary N) is 1. The molecule has 3 aromatic rings. The molecular weight excluding hydrogens is 378 g/mol. The van der Waals surface area contributed by atoms with Crippen LogP contribution in [0.1, 0.15) is 29.0 Å². The molecule has 29 heavy (non-hydrogen) atoms. The Morgan fingerprint density at radius 3 is 2.59 bits per heavy atom. The number of carbonyl (C=O) groups is 1. The highest BCUT2D eigenvalue weighted by atomic mass is 19.1. The lowest BCUT2D eigenvalue weighted by Gasteiger charge is -2.32. The molecule has 0 bridgehead atoms. The second-order valence-electron chi connectivity index (χ2n) is 7.18. The van der Waals surface area contributed by atoms with Crippen LogP contribution in [0.3, 0.4) is 0 Å². The van der Waals surface area contributed by atoms with Crippen molar-refractivity contribution in [1.29, 1.82) is 0 Å². The number of amides is 1. The van der Waals surface area contributed by atoms with Crippen molar-refractivity contribution in [3.63, 3.8) is 0 Å². The van der Waals surface area contributed by atoms with E-state index < -0.39 is 17.3 Å². The summed E-state index contributed by atoms with van der Waals surface area (Å²) < 4.78 is 28.8. The molecule has 2 aromatic carbocycles. The van der Waals surface area contributed by atoms with Crippen LogP contribution in [0.15, 0.2) is 53.3 Å². The summed E-state index contributed by atoms with van der Waals surface area (Å²) in [6.45, 7) is 1.07. The molecule has 1 aliphatic heterocycles. The molecule has 1 aliphatic rings. The molecule has 150 valence electrons. The standard InChI is InChI=1S/C21H20F2N4O2/c22-16-5-3-4-15(13-16)20(28)26-10-8-14(9-11-26)12-19-24-25-21(29)27(19)18-7-2-1-6-17(18)23/h1-7,13-14H,8-12H2,(H,25,29). The average Bonchev–Trinajstić information content (AvgIpc) is 3.08. The van der Waals surface area contributed by atoms with Crippen molar-refractivity contribution >= 4 is 5.91 Å². The van der Waals surface area contributed by atoms with E-state index in [0.717, 1.165) is 12.8 Å². The smallest absolute Gasteiger partial charge is 0.339 e. The van der Waals surface area contributed by atoms with E-state index >= 15 is 0 Å². The molecule has 4 rings (SSSR count). The molecule has 0 aliphatic carbocycles. The summed E-state index contributed by atoms with van der Waals surface area (Å²) in [6, 6.07) is 11.7. The molecule has 1 saturated heterocycles. The van der Waals surface area contributed by atoms with Gasteiger partial charge in [0.1, 0.15) is 17.5 Å². The Labute approximate surface area is 165 Å². The molecule has 8 heteroatoms. The number of hydrogen-bond donors (Lipinski definition) is 1. The van der Waals surface area contributed by atoms with Crippen LogP contribution in [0, 0.1) is 17.6 Å². The van der Waals surface area contributed by atoms with Crippen LogP contribution in [0.25, 0.3) is 5.69 Å². The molecule has 6 nitrogen and oxygen atoms in total. The lowest BCUT2D eigenvalue weighted by molar-refractivity contribution is 0.0689. The molecule has 1 fully saturated rings. The van der Waals surface area contributed by atoms with E-state index in [4.69, 9.17) is 0 Å². The van der Waals surface area contributed by atoms with Crippen molar-refractivity contribution in [2.45, 2.75) is 19.3 Å². The molecule has 1 N–H and O–H groups in total. The number of likely N-dealkylation sites (tertiary alicyclic amines) is 1. The Balaban J connectivity index is 1.44. The third-order valence-corrected chi connectivity index (χ3v) is 5.28. The van der Waals surface area contributed by atoms with Crippen LogP contribution in [-0.4, -0.2) is 38.7 Å². The van der Waals surface area contributed by atoms with Crippen molar-refractivity contribution in [2.75, 3.05) is 13.1 Å². The average molecular weight is 398 g/mol. The van der Waals surface area contributed by atoms with Gasteiger partial charge in [-0.3, -0.25) is 4.79 Å². The third-order valence-electron chi connectivity index (χ3n) is 5.28. The zero-order valence-electron chi connectivity index (χ0n) is 15.6. The van der Waals surface area contributed by atoms with Gasteiger partial charge in [-0.2, -0.15) is 5.10 Å². The SMILES string of the molecule is O=C(c1cccc(F)c1)N1CCC(Cc2n[nH]c(=O)n2-c2ccccc2F)CC1. The largest absolute Gasteiger partial charge is 0.348 e. The number of rotatable bonds is 4. The van der Waals surface area contributed by atoms with Gasteiger partial charge in [-0.15, -0.1) is 0 Å². The minimum Gasteiger partial charge on any atom is -0.339 e. The van der Waals surface area contributed by atoms with Crippen molar-refractivity contribution in [3.8, 4) is 5.69 Å². The predicted molar refractivity (Wildman–Crippen MR) is 103 cm³/mol. The number of halogens is 2. The monoisotopic (exact) mass is 398 g/mol. The van der Waals surface area contributed by atoms with Crippen LogP contribution in [0.5, 0.6) is 0 Å². The molecule has 0 spiro atoms. The summed E-state index contributed by atoms with van der Waals surface area (Å²) >= 11 is 0. The Kier molecular flexibility index (Phi) is 5.24. The zero-order valence-corrected chi connectivity index (χ0v) is 15.6. The molecule has 0 radical (unpaired) electrons. The van der Waals surface area contributed by atoms with Crippen molar-refractivity contribution in [3.05, 3.63) is 82.0 Å². The first kappa shape index (κ1) is 19.0. The molecule has 0 saturated carbocycles. The fraction of sp³-hybridized carbons (Fsp3) is 0.286. The second kappa shape index (κ2) is 7.98. The Morgan fingerprint density at radius 1 is 1.10 bits per heavy atom. The molecule has 0 unspecified atom stereocenters. The maximum atomic E-state index is 14.1. The van der Waals surface area contributed by atoms with Crippen molar-refractivity contribution < 1.29 is 13.6 Å². The first-order valence-corrected chi connectivity index (χ1v) is 9.49. The number of piperidine rings is 1. The first-order chi connectivity index (χ1) is 14.0. The topological polar surface area (TPSA) is 71.0 Å². The number of aromatic amines is 1. The van der Waals surface area contributed by atoms with Gasteiger partial charge < -0.3 is 4.90 Å². The van der Waals surface area contributed by atoms with Gasteiger partial charge in [0, 0.05) is 25.1 Å². The van der Waals surface area contributed by atoms with Crippen molar-refractivity contribution in [2.24, 2.45) is 5.92 Å². The Hall–Kier alpha value is -3.29. The highest BCUT2D eigenvalue weighted by Crippen LogP contribution is 2.23. The van der Waals surface area contributed by atoms with Gasteiger partial charge >= 0.3 is 5.69 Å². The van der Waals surface area contributed by atoms with Crippen LogP contribution in [-0.2, 0) is 6.42 Å². The maximum Gasteiger partial charge on any atom is 0.348 e. The molecule has 2 heterocycles. The van der Waals surface area contributed by atoms with E-state index in [1.165, 1.54) is 34.9 Å². The van der Waals surface area contributed by atoms with Crippen LogP contribution >= 0.6 is 0 Å². The lowest BCUT2D eigenvalue weighted by Crippen LogP contribution is -2.39. The number of benzene rings is 2. The highest BCUT2D eigenvalue weighted by molar-refractivity contribution is 5.94. The first-order valence-electron chi connectivity index (χ1n) is 9.49. The molecular formula is C21H20F2N4O2. The number of hydrogen-bond acceptors (Lipinski definition) is 3. The van der Waals surface area contributed by atoms with E-state index in [2.05, 4.69) is 10.2 Å². The van der Waals surface area contributed by atoms with E-state index in [-0.39, 0.29) is 17.5 Å². The van der Waals surface area contributed by atoms with Gasteiger partial charge in [0.15, 0.2) is 0 Å². The summed E-state index contributed by atoms with van der Waals surface area (Å²) in [5.41, 5.74) is 0.0212. The van der Waals surface area contributed by atoms with E-state index in [0.29, 0.717) is 30.9 Å². The summed E-state index contributed by atoms with van der Waals surface area (Å²) in [6.07, 6.45) is 1.94. The normalized spacial score (nSPS) is 14.9. The number of H-pyrrole nitrogens is 1. The van der Waals surface area contributed by atoms with E-state index in [1.807, 2.05) is 0 Å². The molecule has 0 atom stereocenters. The summed E-state index contributed by atoms with van der Waals surface area (Å²) in [5, 5.41) is 6.47. The fourth-order valence-corrected chi connectivity index (χ4v) is 3.75. The zero-order chi connectivity index (χ0) is 20.4. The molecule has 1 amide bonds. The van der Waals surface area contributed by atoms with E-state index in [9.17, 15) is 18.4 Å². The summed E-state index contributed by atoms with van der Waals surface area (Å²) in [4.78, 5) is 26.4. The fourth-order valence-electron chi connectivity index (χ4n) is 3.75. The van der Waals surface area contributed by atoms with E-state index in [1.54, 1.807) is 23.1 Å². The van der Waals surface area contributed by atoms with Gasteiger partial charge in [0.2, 0.25) is 0 Å². The third kappa shape index (κ3) is 3.96. The highest BCUT2D eigenvalue weighted by Gasteiger charge is 2.26. The number of carbonyl (C=O) groups excluding carboxylic acids is 1. The number of aromatic nitrogens is 3. The van der Waals surface area contributed by atoms with Crippen LogP contribution in [0.2, 0.25) is 0 Å². The molecule has 1 aromatic heterocycles.